The smallest absolute Gasteiger partial charge is 0.355 e. The van der Waals surface area contributed by atoms with E-state index in [1.165, 1.54) is 37.5 Å². The van der Waals surface area contributed by atoms with Crippen LogP contribution in [0, 0.1) is 10.1 Å². The summed E-state index contributed by atoms with van der Waals surface area (Å²) in [5.74, 6) is -1.57. The van der Waals surface area contributed by atoms with E-state index in [1.807, 2.05) is 0 Å². The lowest BCUT2D eigenvalue weighted by Gasteiger charge is -2.25. The number of ether oxygens (including phenoxy) is 2. The van der Waals surface area contributed by atoms with Crippen LogP contribution in [-0.2, 0) is 19.1 Å². The zero-order chi connectivity index (χ0) is 21.0. The summed E-state index contributed by atoms with van der Waals surface area (Å²) < 4.78 is 9.64. The van der Waals surface area contributed by atoms with Crippen LogP contribution in [0.2, 0.25) is 0 Å². The van der Waals surface area contributed by atoms with Crippen molar-refractivity contribution in [1.82, 2.24) is 0 Å². The second kappa shape index (κ2) is 8.59. The number of nitro benzene ring substituents is 1. The number of benzene rings is 1. The second-order valence-corrected chi connectivity index (χ2v) is 6.44. The van der Waals surface area contributed by atoms with Gasteiger partial charge in [-0.25, -0.2) is 9.59 Å². The van der Waals surface area contributed by atoms with E-state index in [2.05, 4.69) is 4.90 Å². The maximum absolute atomic E-state index is 12.6. The molecule has 9 nitrogen and oxygen atoms in total. The average molecular weight is 399 g/mol. The fraction of sp³-hybridized carbons (Fsp3) is 0.300. The molecule has 2 aliphatic rings. The normalized spacial score (nSPS) is 16.1. The van der Waals surface area contributed by atoms with Crippen molar-refractivity contribution in [3.8, 4) is 0 Å². The molecule has 0 atom stereocenters. The van der Waals surface area contributed by atoms with Gasteiger partial charge >= 0.3 is 11.9 Å². The molecule has 0 N–H and O–H groups in total. The van der Waals surface area contributed by atoms with Crippen molar-refractivity contribution in [1.29, 1.82) is 0 Å². The summed E-state index contributed by atoms with van der Waals surface area (Å²) in [6.45, 7) is 1.70. The van der Waals surface area contributed by atoms with Crippen LogP contribution >= 0.6 is 0 Å². The Morgan fingerprint density at radius 1 is 1.07 bits per heavy atom. The maximum Gasteiger partial charge on any atom is 0.355 e. The Bertz CT molecular complexity index is 928. The quantitative estimate of drug-likeness (QED) is 0.423. The molecule has 29 heavy (non-hydrogen) atoms. The highest BCUT2D eigenvalue weighted by Gasteiger charge is 2.31. The van der Waals surface area contributed by atoms with Gasteiger partial charge in [-0.2, -0.15) is 0 Å². The molecule has 1 saturated heterocycles. The Balaban J connectivity index is 2.22. The van der Waals surface area contributed by atoms with Crippen LogP contribution in [0.25, 0.3) is 0 Å². The number of rotatable bonds is 5. The van der Waals surface area contributed by atoms with Gasteiger partial charge in [0.05, 0.1) is 24.7 Å². The summed E-state index contributed by atoms with van der Waals surface area (Å²) in [4.78, 5) is 39.5. The van der Waals surface area contributed by atoms with Crippen LogP contribution in [0.5, 0.6) is 0 Å². The average Bonchev–Trinajstić information content (AvgIpc) is 3.18. The molecule has 2 heterocycles. The molecule has 0 aromatic heterocycles. The van der Waals surface area contributed by atoms with Gasteiger partial charge in [-0.1, -0.05) is 6.08 Å². The lowest BCUT2D eigenvalue weighted by Crippen LogP contribution is -2.28. The number of hydrogen-bond donors (Lipinski definition) is 0. The van der Waals surface area contributed by atoms with E-state index in [9.17, 15) is 19.7 Å². The Labute approximate surface area is 167 Å². The molecule has 0 unspecified atom stereocenters. The minimum Gasteiger partial charge on any atom is -0.465 e. The van der Waals surface area contributed by atoms with Gasteiger partial charge in [0.1, 0.15) is 11.4 Å². The summed E-state index contributed by atoms with van der Waals surface area (Å²) in [6, 6.07) is 4.74. The van der Waals surface area contributed by atoms with Crippen molar-refractivity contribution >= 4 is 29.0 Å². The van der Waals surface area contributed by atoms with Crippen LogP contribution < -0.4 is 9.80 Å². The first kappa shape index (κ1) is 20.1. The van der Waals surface area contributed by atoms with E-state index in [0.717, 1.165) is 31.6 Å². The number of hydrogen-bond acceptors (Lipinski definition) is 8. The van der Waals surface area contributed by atoms with Crippen molar-refractivity contribution in [2.45, 2.75) is 12.8 Å². The SMILES string of the molecule is COC(=O)C1=C(C(=O)OC)N(c2cc(N3CCCC3)ccc2[N+](=O)[O-])C=CC=C1. The summed E-state index contributed by atoms with van der Waals surface area (Å²) in [5.41, 5.74) is 0.528. The van der Waals surface area contributed by atoms with Gasteiger partial charge in [-0.05, 0) is 37.1 Å². The van der Waals surface area contributed by atoms with E-state index in [1.54, 1.807) is 24.3 Å². The van der Waals surface area contributed by atoms with Crippen molar-refractivity contribution in [3.05, 3.63) is 64.0 Å². The molecular weight excluding hydrogens is 378 g/mol. The summed E-state index contributed by atoms with van der Waals surface area (Å²) in [6.07, 6.45) is 8.09. The predicted octanol–water partition coefficient (Wildman–Crippen LogP) is 2.69. The predicted molar refractivity (Wildman–Crippen MR) is 106 cm³/mol. The number of nitrogens with zero attached hydrogens (tertiary/aromatic N) is 3. The van der Waals surface area contributed by atoms with Crippen molar-refractivity contribution in [2.75, 3.05) is 37.1 Å². The molecule has 1 aromatic carbocycles. The molecule has 9 heteroatoms. The Hall–Kier alpha value is -3.62. The van der Waals surface area contributed by atoms with Crippen molar-refractivity contribution < 1.29 is 24.0 Å². The zero-order valence-corrected chi connectivity index (χ0v) is 16.2. The summed E-state index contributed by atoms with van der Waals surface area (Å²) >= 11 is 0. The minimum absolute atomic E-state index is 0.0646. The van der Waals surface area contributed by atoms with Crippen LogP contribution in [0.1, 0.15) is 12.8 Å². The monoisotopic (exact) mass is 399 g/mol. The molecule has 1 fully saturated rings. The molecule has 0 bridgehead atoms. The number of carbonyl (C=O) groups excluding carboxylic acids is 2. The minimum atomic E-state index is -0.817. The van der Waals surface area contributed by atoms with Gasteiger partial charge in [0.25, 0.3) is 5.69 Å². The number of esters is 2. The molecule has 0 aliphatic carbocycles. The standard InChI is InChI=1S/C20H21N3O6/c1-28-19(24)15-7-3-4-12-22(18(15)20(25)29-2)17-13-14(21-10-5-6-11-21)8-9-16(17)23(26)27/h3-4,7-9,12-13H,5-6,10-11H2,1-2H3. The zero-order valence-electron chi connectivity index (χ0n) is 16.2. The Kier molecular flexibility index (Phi) is 5.96. The van der Waals surface area contributed by atoms with E-state index in [0.29, 0.717) is 0 Å². The second-order valence-electron chi connectivity index (χ2n) is 6.44. The van der Waals surface area contributed by atoms with E-state index < -0.39 is 16.9 Å². The molecule has 0 saturated carbocycles. The third-order valence-corrected chi connectivity index (χ3v) is 4.78. The molecule has 0 radical (unpaired) electrons. The van der Waals surface area contributed by atoms with Gasteiger partial charge in [0.15, 0.2) is 0 Å². The van der Waals surface area contributed by atoms with E-state index >= 15 is 0 Å². The third kappa shape index (κ3) is 3.98. The van der Waals surface area contributed by atoms with Crippen LogP contribution in [0.15, 0.2) is 53.9 Å². The molecule has 0 spiro atoms. The van der Waals surface area contributed by atoms with Gasteiger partial charge < -0.3 is 19.3 Å². The van der Waals surface area contributed by atoms with Crippen LogP contribution in [0.3, 0.4) is 0 Å². The van der Waals surface area contributed by atoms with Crippen LogP contribution in [0.4, 0.5) is 17.1 Å². The Morgan fingerprint density at radius 3 is 2.38 bits per heavy atom. The van der Waals surface area contributed by atoms with E-state index in [4.69, 9.17) is 9.47 Å². The Morgan fingerprint density at radius 2 is 1.76 bits per heavy atom. The fourth-order valence-electron chi connectivity index (χ4n) is 3.38. The lowest BCUT2D eigenvalue weighted by molar-refractivity contribution is -0.384. The number of methoxy groups -OCH3 is 2. The number of carbonyl (C=O) groups is 2. The first-order chi connectivity index (χ1) is 14.0. The van der Waals surface area contributed by atoms with Gasteiger partial charge in [0.2, 0.25) is 0 Å². The highest BCUT2D eigenvalue weighted by Crippen LogP contribution is 2.37. The maximum atomic E-state index is 12.6. The topological polar surface area (TPSA) is 102 Å². The number of anilines is 2. The first-order valence-electron chi connectivity index (χ1n) is 9.06. The largest absolute Gasteiger partial charge is 0.465 e. The van der Waals surface area contributed by atoms with Crippen LogP contribution in [-0.4, -0.2) is 44.2 Å². The molecule has 2 aliphatic heterocycles. The number of allylic oxidation sites excluding steroid dienone is 2. The highest BCUT2D eigenvalue weighted by molar-refractivity contribution is 6.06. The van der Waals surface area contributed by atoms with E-state index in [-0.39, 0.29) is 22.6 Å². The molecule has 3 rings (SSSR count). The first-order valence-corrected chi connectivity index (χ1v) is 9.06. The fourth-order valence-corrected chi connectivity index (χ4v) is 3.38. The summed E-state index contributed by atoms with van der Waals surface area (Å²) in [7, 11) is 2.37. The molecule has 152 valence electrons. The third-order valence-electron chi connectivity index (χ3n) is 4.78. The van der Waals surface area contributed by atoms with Crippen molar-refractivity contribution in [3.63, 3.8) is 0 Å². The van der Waals surface area contributed by atoms with Gasteiger partial charge in [-0.3, -0.25) is 10.1 Å². The molecule has 1 aromatic rings. The van der Waals surface area contributed by atoms with Gasteiger partial charge in [0, 0.05) is 31.0 Å². The van der Waals surface area contributed by atoms with Crippen molar-refractivity contribution in [2.24, 2.45) is 0 Å². The van der Waals surface area contributed by atoms with Gasteiger partial charge in [-0.15, -0.1) is 0 Å². The number of nitro groups is 1. The highest BCUT2D eigenvalue weighted by atomic mass is 16.6. The molecule has 0 amide bonds. The lowest BCUT2D eigenvalue weighted by atomic mass is 10.1. The summed E-state index contributed by atoms with van der Waals surface area (Å²) in [5, 5.41) is 11.7. The molecular formula is C20H21N3O6.